The van der Waals surface area contributed by atoms with Crippen LogP contribution in [0.1, 0.15) is 32.9 Å². The number of rotatable bonds is 8. The Kier molecular flexibility index (Phi) is 8.54. The Labute approximate surface area is 188 Å². The van der Waals surface area contributed by atoms with E-state index in [1.54, 1.807) is 18.4 Å². The molecule has 7 nitrogen and oxygen atoms in total. The lowest BCUT2D eigenvalue weighted by Crippen LogP contribution is -2.36. The van der Waals surface area contributed by atoms with Gasteiger partial charge in [0.15, 0.2) is 11.5 Å². The monoisotopic (exact) mass is 447 g/mol. The molecule has 2 heterocycles. The number of carbonyl (C=O) groups is 1. The maximum Gasteiger partial charge on any atom is 0.409 e. The van der Waals surface area contributed by atoms with Gasteiger partial charge in [0.25, 0.3) is 0 Å². The van der Waals surface area contributed by atoms with Gasteiger partial charge in [0.05, 0.1) is 26.0 Å². The first-order valence-electron chi connectivity index (χ1n) is 10.9. The molecule has 3 rings (SSSR count). The van der Waals surface area contributed by atoms with E-state index in [-0.39, 0.29) is 6.09 Å². The summed E-state index contributed by atoms with van der Waals surface area (Å²) in [4.78, 5) is 21.3. The number of amides is 1. The largest absolute Gasteiger partial charge is 0.493 e. The van der Waals surface area contributed by atoms with Gasteiger partial charge < -0.3 is 19.1 Å². The molecule has 170 valence electrons. The third-order valence-corrected chi connectivity index (χ3v) is 5.97. The Morgan fingerprint density at radius 3 is 2.77 bits per heavy atom. The predicted molar refractivity (Wildman–Crippen MR) is 123 cm³/mol. The van der Waals surface area contributed by atoms with Crippen LogP contribution in [0.3, 0.4) is 0 Å². The Morgan fingerprint density at radius 1 is 1.19 bits per heavy atom. The average Bonchev–Trinajstić information content (AvgIpc) is 3.10. The molecule has 1 fully saturated rings. The molecule has 1 amide bonds. The first-order valence-corrected chi connectivity index (χ1v) is 11.8. The van der Waals surface area contributed by atoms with E-state index >= 15 is 0 Å². The number of nitrogens with zero attached hydrogens (tertiary/aromatic N) is 3. The molecular weight excluding hydrogens is 414 g/mol. The number of thiazole rings is 1. The lowest BCUT2D eigenvalue weighted by molar-refractivity contribution is 0.0930. The van der Waals surface area contributed by atoms with Gasteiger partial charge in [-0.05, 0) is 37.5 Å². The van der Waals surface area contributed by atoms with E-state index in [1.165, 1.54) is 0 Å². The summed E-state index contributed by atoms with van der Waals surface area (Å²) in [6.07, 6.45) is 0.736. The normalized spacial score (nSPS) is 15.1. The van der Waals surface area contributed by atoms with Crippen molar-refractivity contribution in [3.05, 3.63) is 29.3 Å². The highest BCUT2D eigenvalue weighted by Crippen LogP contribution is 2.34. The summed E-state index contributed by atoms with van der Waals surface area (Å²) in [7, 11) is 1.65. The number of hydrogen-bond donors (Lipinski definition) is 0. The van der Waals surface area contributed by atoms with Crippen molar-refractivity contribution in [3.8, 4) is 22.1 Å². The summed E-state index contributed by atoms with van der Waals surface area (Å²) in [6.45, 7) is 11.1. The summed E-state index contributed by atoms with van der Waals surface area (Å²) in [5.41, 5.74) is 2.06. The van der Waals surface area contributed by atoms with E-state index < -0.39 is 0 Å². The third kappa shape index (κ3) is 6.58. The van der Waals surface area contributed by atoms with Crippen LogP contribution in [0.4, 0.5) is 4.79 Å². The quantitative estimate of drug-likeness (QED) is 0.593. The SMILES string of the molecule is CCOc1ccc(-c2nc(CN3CCCN(C(=O)OCC(C)C)CC3)cs2)cc1OC. The van der Waals surface area contributed by atoms with Crippen LogP contribution in [-0.2, 0) is 11.3 Å². The maximum atomic E-state index is 12.3. The second kappa shape index (κ2) is 11.3. The Bertz CT molecular complexity index is 855. The van der Waals surface area contributed by atoms with Crippen LogP contribution in [0.2, 0.25) is 0 Å². The molecule has 1 aromatic carbocycles. The standard InChI is InChI=1S/C23H33N3O4S/c1-5-29-20-8-7-18(13-21(20)28-4)22-24-19(16-31-22)14-25-9-6-10-26(12-11-25)23(27)30-15-17(2)3/h7-8,13,16-17H,5-6,9-12,14-15H2,1-4H3. The van der Waals surface area contributed by atoms with Gasteiger partial charge in [-0.25, -0.2) is 9.78 Å². The van der Waals surface area contributed by atoms with Gasteiger partial charge in [-0.1, -0.05) is 13.8 Å². The minimum absolute atomic E-state index is 0.198. The summed E-state index contributed by atoms with van der Waals surface area (Å²) in [5, 5.41) is 3.07. The fraction of sp³-hybridized carbons (Fsp3) is 0.565. The molecule has 0 radical (unpaired) electrons. The van der Waals surface area contributed by atoms with Crippen molar-refractivity contribution in [1.29, 1.82) is 0 Å². The molecule has 0 bridgehead atoms. The van der Waals surface area contributed by atoms with Gasteiger partial charge in [0, 0.05) is 43.7 Å². The highest BCUT2D eigenvalue weighted by Gasteiger charge is 2.21. The zero-order valence-corrected chi connectivity index (χ0v) is 19.7. The summed E-state index contributed by atoms with van der Waals surface area (Å²) in [6, 6.07) is 5.92. The van der Waals surface area contributed by atoms with Gasteiger partial charge in [-0.3, -0.25) is 4.90 Å². The van der Waals surface area contributed by atoms with Crippen molar-refractivity contribution in [2.45, 2.75) is 33.7 Å². The fourth-order valence-corrected chi connectivity index (χ4v) is 4.27. The van der Waals surface area contributed by atoms with Gasteiger partial charge in [0.2, 0.25) is 0 Å². The van der Waals surface area contributed by atoms with Crippen LogP contribution in [0.15, 0.2) is 23.6 Å². The third-order valence-electron chi connectivity index (χ3n) is 5.03. The minimum atomic E-state index is -0.198. The zero-order valence-electron chi connectivity index (χ0n) is 18.9. The summed E-state index contributed by atoms with van der Waals surface area (Å²) < 4.78 is 16.5. The first kappa shape index (κ1) is 23.3. The average molecular weight is 448 g/mol. The van der Waals surface area contributed by atoms with E-state index in [4.69, 9.17) is 19.2 Å². The van der Waals surface area contributed by atoms with E-state index in [2.05, 4.69) is 10.3 Å². The highest BCUT2D eigenvalue weighted by molar-refractivity contribution is 7.13. The number of carbonyl (C=O) groups excluding carboxylic acids is 1. The molecule has 1 saturated heterocycles. The first-order chi connectivity index (χ1) is 15.0. The van der Waals surface area contributed by atoms with Crippen molar-refractivity contribution in [3.63, 3.8) is 0 Å². The molecule has 0 aliphatic carbocycles. The molecule has 8 heteroatoms. The highest BCUT2D eigenvalue weighted by atomic mass is 32.1. The lowest BCUT2D eigenvalue weighted by Gasteiger charge is -2.21. The molecule has 0 atom stereocenters. The summed E-state index contributed by atoms with van der Waals surface area (Å²) in [5.74, 6) is 1.81. The number of ether oxygens (including phenoxy) is 3. The van der Waals surface area contributed by atoms with Gasteiger partial charge >= 0.3 is 6.09 Å². The number of aromatic nitrogens is 1. The predicted octanol–water partition coefficient (Wildman–Crippen LogP) is 4.52. The molecule has 0 saturated carbocycles. The Hall–Kier alpha value is -2.32. The Morgan fingerprint density at radius 2 is 2.03 bits per heavy atom. The molecule has 0 spiro atoms. The minimum Gasteiger partial charge on any atom is -0.493 e. The van der Waals surface area contributed by atoms with Crippen molar-refractivity contribution in [2.24, 2.45) is 5.92 Å². The molecular formula is C23H33N3O4S. The van der Waals surface area contributed by atoms with E-state index in [0.29, 0.717) is 31.4 Å². The van der Waals surface area contributed by atoms with E-state index in [1.807, 2.05) is 43.9 Å². The number of methoxy groups -OCH3 is 1. The van der Waals surface area contributed by atoms with Crippen molar-refractivity contribution < 1.29 is 19.0 Å². The van der Waals surface area contributed by atoms with Crippen LogP contribution >= 0.6 is 11.3 Å². The van der Waals surface area contributed by atoms with Crippen molar-refractivity contribution in [2.75, 3.05) is 46.5 Å². The molecule has 1 aromatic heterocycles. The second-order valence-corrected chi connectivity index (χ2v) is 8.89. The van der Waals surface area contributed by atoms with Crippen LogP contribution in [0, 0.1) is 5.92 Å². The molecule has 31 heavy (non-hydrogen) atoms. The second-order valence-electron chi connectivity index (χ2n) is 8.03. The summed E-state index contributed by atoms with van der Waals surface area (Å²) >= 11 is 1.63. The smallest absolute Gasteiger partial charge is 0.409 e. The number of benzene rings is 1. The molecule has 1 aliphatic rings. The van der Waals surface area contributed by atoms with Gasteiger partial charge in [-0.15, -0.1) is 11.3 Å². The maximum absolute atomic E-state index is 12.3. The van der Waals surface area contributed by atoms with Crippen LogP contribution in [-0.4, -0.2) is 67.4 Å². The van der Waals surface area contributed by atoms with Gasteiger partial charge in [0.1, 0.15) is 5.01 Å². The zero-order chi connectivity index (χ0) is 22.2. The molecule has 0 unspecified atom stereocenters. The fourth-order valence-electron chi connectivity index (χ4n) is 3.46. The van der Waals surface area contributed by atoms with Crippen molar-refractivity contribution in [1.82, 2.24) is 14.8 Å². The molecule has 1 aliphatic heterocycles. The number of hydrogen-bond acceptors (Lipinski definition) is 7. The molecule has 2 aromatic rings. The van der Waals surface area contributed by atoms with Crippen LogP contribution in [0.5, 0.6) is 11.5 Å². The molecule has 0 N–H and O–H groups in total. The lowest BCUT2D eigenvalue weighted by atomic mass is 10.2. The van der Waals surface area contributed by atoms with E-state index in [0.717, 1.165) is 54.6 Å². The van der Waals surface area contributed by atoms with Gasteiger partial charge in [-0.2, -0.15) is 0 Å². The topological polar surface area (TPSA) is 64.1 Å². The van der Waals surface area contributed by atoms with E-state index in [9.17, 15) is 4.79 Å². The Balaban J connectivity index is 1.58. The van der Waals surface area contributed by atoms with Crippen molar-refractivity contribution >= 4 is 17.4 Å². The van der Waals surface area contributed by atoms with Crippen LogP contribution < -0.4 is 9.47 Å². The van der Waals surface area contributed by atoms with Crippen LogP contribution in [0.25, 0.3) is 10.6 Å².